The molecule has 98 valence electrons. The molecular weight excluding hydrogens is 234 g/mol. The first-order chi connectivity index (χ1) is 9.08. The van der Waals surface area contributed by atoms with E-state index in [1.165, 1.54) is 11.1 Å². The first-order valence-electron chi connectivity index (χ1n) is 6.51. The molecule has 2 aromatic rings. The number of hydrogen-bond donors (Lipinski definition) is 1. The van der Waals surface area contributed by atoms with Gasteiger partial charge in [-0.1, -0.05) is 42.0 Å². The highest BCUT2D eigenvalue weighted by molar-refractivity contribution is 5.94. The second-order valence-corrected chi connectivity index (χ2v) is 4.92. The molecule has 0 saturated heterocycles. The van der Waals surface area contributed by atoms with E-state index in [0.29, 0.717) is 5.56 Å². The number of carbonyl (C=O) groups excluding carboxylic acids is 1. The molecule has 0 aliphatic carbocycles. The van der Waals surface area contributed by atoms with Crippen LogP contribution in [-0.2, 0) is 0 Å². The van der Waals surface area contributed by atoms with Gasteiger partial charge in [-0.15, -0.1) is 0 Å². The summed E-state index contributed by atoms with van der Waals surface area (Å²) in [7, 11) is 0. The monoisotopic (exact) mass is 253 g/mol. The van der Waals surface area contributed by atoms with E-state index >= 15 is 0 Å². The van der Waals surface area contributed by atoms with Crippen LogP contribution in [0.3, 0.4) is 0 Å². The van der Waals surface area contributed by atoms with Crippen LogP contribution < -0.4 is 5.32 Å². The summed E-state index contributed by atoms with van der Waals surface area (Å²) in [5, 5.41) is 3.03. The van der Waals surface area contributed by atoms with Gasteiger partial charge in [0.15, 0.2) is 0 Å². The SMILES string of the molecule is Cc1ccc([C@@H](C)NC(=O)c2ccccc2)c(C)c1. The lowest BCUT2D eigenvalue weighted by atomic mass is 10.00. The van der Waals surface area contributed by atoms with E-state index in [1.807, 2.05) is 37.3 Å². The summed E-state index contributed by atoms with van der Waals surface area (Å²) < 4.78 is 0. The van der Waals surface area contributed by atoms with E-state index in [2.05, 4.69) is 37.4 Å². The van der Waals surface area contributed by atoms with Crippen LogP contribution in [0.5, 0.6) is 0 Å². The van der Waals surface area contributed by atoms with E-state index in [0.717, 1.165) is 5.56 Å². The van der Waals surface area contributed by atoms with E-state index in [-0.39, 0.29) is 11.9 Å². The molecule has 0 spiro atoms. The van der Waals surface area contributed by atoms with E-state index in [9.17, 15) is 4.79 Å². The Morgan fingerprint density at radius 2 is 1.74 bits per heavy atom. The van der Waals surface area contributed by atoms with Crippen molar-refractivity contribution >= 4 is 5.91 Å². The highest BCUT2D eigenvalue weighted by Gasteiger charge is 2.12. The third-order valence-corrected chi connectivity index (χ3v) is 3.28. The van der Waals surface area contributed by atoms with Gasteiger partial charge in [-0.05, 0) is 44.0 Å². The van der Waals surface area contributed by atoms with Crippen LogP contribution in [-0.4, -0.2) is 5.91 Å². The highest BCUT2D eigenvalue weighted by atomic mass is 16.1. The average Bonchev–Trinajstić information content (AvgIpc) is 2.39. The number of amides is 1. The zero-order valence-corrected chi connectivity index (χ0v) is 11.6. The highest BCUT2D eigenvalue weighted by Crippen LogP contribution is 2.19. The average molecular weight is 253 g/mol. The van der Waals surface area contributed by atoms with Crippen molar-refractivity contribution in [1.82, 2.24) is 5.32 Å². The van der Waals surface area contributed by atoms with Crippen molar-refractivity contribution in [2.45, 2.75) is 26.8 Å². The summed E-state index contributed by atoms with van der Waals surface area (Å²) in [4.78, 5) is 12.1. The minimum Gasteiger partial charge on any atom is -0.346 e. The van der Waals surface area contributed by atoms with Gasteiger partial charge in [-0.3, -0.25) is 4.79 Å². The molecule has 1 amide bonds. The minimum atomic E-state index is -0.0342. The fraction of sp³-hybridized carbons (Fsp3) is 0.235. The van der Waals surface area contributed by atoms with E-state index < -0.39 is 0 Å². The molecule has 0 bridgehead atoms. The molecule has 0 heterocycles. The van der Waals surface area contributed by atoms with Gasteiger partial charge in [-0.2, -0.15) is 0 Å². The molecule has 0 fully saturated rings. The molecule has 1 atom stereocenters. The molecule has 0 aliphatic rings. The predicted octanol–water partition coefficient (Wildman–Crippen LogP) is 3.79. The Bertz CT molecular complexity index is 575. The van der Waals surface area contributed by atoms with Gasteiger partial charge in [0.25, 0.3) is 5.91 Å². The Morgan fingerprint density at radius 3 is 2.37 bits per heavy atom. The summed E-state index contributed by atoms with van der Waals surface area (Å²) in [6.07, 6.45) is 0. The fourth-order valence-corrected chi connectivity index (χ4v) is 2.26. The largest absolute Gasteiger partial charge is 0.346 e. The lowest BCUT2D eigenvalue weighted by Gasteiger charge is -2.17. The molecule has 2 nitrogen and oxygen atoms in total. The summed E-state index contributed by atoms with van der Waals surface area (Å²) >= 11 is 0. The standard InChI is InChI=1S/C17H19NO/c1-12-9-10-16(13(2)11-12)14(3)18-17(19)15-7-5-4-6-8-15/h4-11,14H,1-3H3,(H,18,19)/t14-/m1/s1. The zero-order chi connectivity index (χ0) is 13.8. The van der Waals surface area contributed by atoms with Gasteiger partial charge >= 0.3 is 0 Å². The lowest BCUT2D eigenvalue weighted by Crippen LogP contribution is -2.27. The molecule has 0 unspecified atom stereocenters. The number of hydrogen-bond acceptors (Lipinski definition) is 1. The number of nitrogens with one attached hydrogen (secondary N) is 1. The Hall–Kier alpha value is -2.09. The Kier molecular flexibility index (Phi) is 4.00. The second kappa shape index (κ2) is 5.70. The number of rotatable bonds is 3. The van der Waals surface area contributed by atoms with Crippen molar-refractivity contribution in [2.24, 2.45) is 0 Å². The molecule has 0 aromatic heterocycles. The quantitative estimate of drug-likeness (QED) is 0.885. The van der Waals surface area contributed by atoms with Crippen molar-refractivity contribution in [3.63, 3.8) is 0 Å². The van der Waals surface area contributed by atoms with Crippen LogP contribution in [0.2, 0.25) is 0 Å². The first-order valence-corrected chi connectivity index (χ1v) is 6.51. The van der Waals surface area contributed by atoms with Crippen LogP contribution in [0.1, 0.15) is 40.0 Å². The molecule has 0 aliphatic heterocycles. The molecule has 2 aromatic carbocycles. The summed E-state index contributed by atoms with van der Waals surface area (Å²) in [5.41, 5.74) is 4.30. The predicted molar refractivity (Wildman–Crippen MR) is 78.2 cm³/mol. The van der Waals surface area contributed by atoms with Crippen LogP contribution >= 0.6 is 0 Å². The van der Waals surface area contributed by atoms with Crippen molar-refractivity contribution in [3.05, 3.63) is 70.8 Å². The zero-order valence-electron chi connectivity index (χ0n) is 11.6. The molecule has 0 saturated carbocycles. The molecular formula is C17H19NO. The first kappa shape index (κ1) is 13.3. The summed E-state index contributed by atoms with van der Waals surface area (Å²) in [5.74, 6) is -0.0342. The summed E-state index contributed by atoms with van der Waals surface area (Å²) in [6, 6.07) is 15.6. The van der Waals surface area contributed by atoms with Gasteiger partial charge in [0.05, 0.1) is 6.04 Å². The third-order valence-electron chi connectivity index (χ3n) is 3.28. The Labute approximate surface area is 114 Å². The molecule has 0 radical (unpaired) electrons. The number of benzene rings is 2. The molecule has 2 rings (SSSR count). The molecule has 1 N–H and O–H groups in total. The van der Waals surface area contributed by atoms with Gasteiger partial charge in [0, 0.05) is 5.56 Å². The number of aryl methyl sites for hydroxylation is 2. The van der Waals surface area contributed by atoms with Crippen molar-refractivity contribution in [2.75, 3.05) is 0 Å². The fourth-order valence-electron chi connectivity index (χ4n) is 2.26. The normalized spacial score (nSPS) is 11.9. The van der Waals surface area contributed by atoms with Crippen LogP contribution in [0, 0.1) is 13.8 Å². The maximum absolute atomic E-state index is 12.1. The van der Waals surface area contributed by atoms with Gasteiger partial charge in [0.2, 0.25) is 0 Å². The van der Waals surface area contributed by atoms with Gasteiger partial charge in [0.1, 0.15) is 0 Å². The van der Waals surface area contributed by atoms with Crippen molar-refractivity contribution < 1.29 is 4.79 Å². The second-order valence-electron chi connectivity index (χ2n) is 4.92. The maximum Gasteiger partial charge on any atom is 0.251 e. The Morgan fingerprint density at radius 1 is 1.05 bits per heavy atom. The van der Waals surface area contributed by atoms with Gasteiger partial charge < -0.3 is 5.32 Å². The third kappa shape index (κ3) is 3.22. The lowest BCUT2D eigenvalue weighted by molar-refractivity contribution is 0.0940. The maximum atomic E-state index is 12.1. The van der Waals surface area contributed by atoms with Crippen LogP contribution in [0.15, 0.2) is 48.5 Å². The van der Waals surface area contributed by atoms with E-state index in [4.69, 9.17) is 0 Å². The molecule has 19 heavy (non-hydrogen) atoms. The Balaban J connectivity index is 2.13. The van der Waals surface area contributed by atoms with Crippen molar-refractivity contribution in [3.8, 4) is 0 Å². The van der Waals surface area contributed by atoms with Gasteiger partial charge in [-0.25, -0.2) is 0 Å². The smallest absolute Gasteiger partial charge is 0.251 e. The van der Waals surface area contributed by atoms with Crippen LogP contribution in [0.4, 0.5) is 0 Å². The van der Waals surface area contributed by atoms with Crippen molar-refractivity contribution in [1.29, 1.82) is 0 Å². The topological polar surface area (TPSA) is 29.1 Å². The van der Waals surface area contributed by atoms with E-state index in [1.54, 1.807) is 0 Å². The summed E-state index contributed by atoms with van der Waals surface area (Å²) in [6.45, 7) is 6.16. The minimum absolute atomic E-state index is 0.00769. The van der Waals surface area contributed by atoms with Crippen LogP contribution in [0.25, 0.3) is 0 Å². The number of carbonyl (C=O) groups is 1. The molecule has 2 heteroatoms.